The second kappa shape index (κ2) is 5.73. The van der Waals surface area contributed by atoms with Gasteiger partial charge in [-0.25, -0.2) is 9.78 Å². The van der Waals surface area contributed by atoms with Gasteiger partial charge in [0, 0.05) is 36.0 Å². The van der Waals surface area contributed by atoms with Crippen LogP contribution in [0.15, 0.2) is 41.1 Å². The van der Waals surface area contributed by atoms with Crippen LogP contribution in [0.5, 0.6) is 0 Å². The van der Waals surface area contributed by atoms with Crippen molar-refractivity contribution in [1.82, 2.24) is 9.55 Å². The van der Waals surface area contributed by atoms with Gasteiger partial charge in [-0.1, -0.05) is 6.07 Å². The van der Waals surface area contributed by atoms with E-state index in [1.165, 1.54) is 0 Å². The molecule has 108 valence electrons. The average Bonchev–Trinajstić information content (AvgIpc) is 2.92. The Balaban J connectivity index is 1.82. The summed E-state index contributed by atoms with van der Waals surface area (Å²) in [6.45, 7) is 2.62. The van der Waals surface area contributed by atoms with Crippen molar-refractivity contribution >= 4 is 33.7 Å². The number of hydrogen-bond acceptors (Lipinski definition) is 3. The largest absolute Gasteiger partial charge is 0.478 e. The van der Waals surface area contributed by atoms with Crippen LogP contribution in [0.25, 0.3) is 6.08 Å². The number of fused-ring (bicyclic) bond motifs is 1. The van der Waals surface area contributed by atoms with E-state index < -0.39 is 5.97 Å². The van der Waals surface area contributed by atoms with Gasteiger partial charge in [0.2, 0.25) is 0 Å². The van der Waals surface area contributed by atoms with Crippen LogP contribution in [0.4, 0.5) is 5.69 Å². The number of aliphatic carboxylic acids is 1. The molecule has 0 spiro atoms. The predicted octanol–water partition coefficient (Wildman–Crippen LogP) is 2.76. The SMILES string of the molecule is O=C(O)/C=C/c1ccc(N2CCn3ccnc3C2)c(Br)c1. The lowest BCUT2D eigenvalue weighted by Gasteiger charge is -2.30. The second-order valence-electron chi connectivity index (χ2n) is 4.84. The molecule has 0 saturated carbocycles. The summed E-state index contributed by atoms with van der Waals surface area (Å²) in [5.74, 6) is 0.112. The molecule has 1 aromatic heterocycles. The van der Waals surface area contributed by atoms with Crippen LogP contribution >= 0.6 is 15.9 Å². The summed E-state index contributed by atoms with van der Waals surface area (Å²) >= 11 is 3.57. The number of rotatable bonds is 3. The predicted molar refractivity (Wildman–Crippen MR) is 84.1 cm³/mol. The molecule has 1 aromatic carbocycles. The molecule has 6 heteroatoms. The van der Waals surface area contributed by atoms with Gasteiger partial charge in [-0.15, -0.1) is 0 Å². The van der Waals surface area contributed by atoms with Crippen LogP contribution in [0, 0.1) is 0 Å². The highest BCUT2D eigenvalue weighted by Crippen LogP contribution is 2.30. The number of anilines is 1. The molecule has 21 heavy (non-hydrogen) atoms. The van der Waals surface area contributed by atoms with E-state index in [4.69, 9.17) is 5.11 Å². The Morgan fingerprint density at radius 1 is 1.38 bits per heavy atom. The standard InChI is InChI=1S/C15H14BrN3O2/c16-12-9-11(2-4-15(20)21)1-3-13(12)19-8-7-18-6-5-17-14(18)10-19/h1-6,9H,7-8,10H2,(H,20,21)/b4-2+. The highest BCUT2D eigenvalue weighted by atomic mass is 79.9. The molecule has 0 unspecified atom stereocenters. The molecular weight excluding hydrogens is 334 g/mol. The Kier molecular flexibility index (Phi) is 3.79. The molecule has 1 aliphatic rings. The molecule has 1 aliphatic heterocycles. The molecule has 0 radical (unpaired) electrons. The first-order valence-corrected chi connectivity index (χ1v) is 7.38. The number of carboxylic acids is 1. The van der Waals surface area contributed by atoms with Crippen LogP contribution in [0.3, 0.4) is 0 Å². The van der Waals surface area contributed by atoms with Gasteiger partial charge in [0.15, 0.2) is 0 Å². The molecule has 0 amide bonds. The van der Waals surface area contributed by atoms with E-state index in [9.17, 15) is 4.79 Å². The normalized spacial score (nSPS) is 14.4. The zero-order chi connectivity index (χ0) is 14.8. The third-order valence-electron chi connectivity index (χ3n) is 3.48. The summed E-state index contributed by atoms with van der Waals surface area (Å²) in [7, 11) is 0. The molecule has 2 heterocycles. The molecule has 0 atom stereocenters. The first kappa shape index (κ1) is 13.9. The van der Waals surface area contributed by atoms with Crippen molar-refractivity contribution in [3.05, 3.63) is 52.5 Å². The van der Waals surface area contributed by atoms with Crippen LogP contribution in [-0.2, 0) is 17.9 Å². The fraction of sp³-hybridized carbons (Fsp3) is 0.200. The maximum absolute atomic E-state index is 10.5. The smallest absolute Gasteiger partial charge is 0.328 e. The number of hydrogen-bond donors (Lipinski definition) is 1. The van der Waals surface area contributed by atoms with E-state index in [2.05, 4.69) is 30.4 Å². The molecule has 0 bridgehead atoms. The monoisotopic (exact) mass is 347 g/mol. The zero-order valence-electron chi connectivity index (χ0n) is 11.2. The molecule has 2 aromatic rings. The van der Waals surface area contributed by atoms with Crippen LogP contribution in [-0.4, -0.2) is 27.2 Å². The summed E-state index contributed by atoms with van der Waals surface area (Å²) in [4.78, 5) is 17.2. The average molecular weight is 348 g/mol. The molecule has 3 rings (SSSR count). The Hall–Kier alpha value is -2.08. The van der Waals surface area contributed by atoms with E-state index in [1.807, 2.05) is 30.6 Å². The van der Waals surface area contributed by atoms with Gasteiger partial charge in [0.1, 0.15) is 5.82 Å². The topological polar surface area (TPSA) is 58.4 Å². The lowest BCUT2D eigenvalue weighted by atomic mass is 10.1. The number of nitrogens with zero attached hydrogens (tertiary/aromatic N) is 3. The van der Waals surface area contributed by atoms with E-state index in [0.29, 0.717) is 0 Å². The minimum absolute atomic E-state index is 0.774. The minimum Gasteiger partial charge on any atom is -0.478 e. The summed E-state index contributed by atoms with van der Waals surface area (Å²) in [5, 5.41) is 8.66. The molecular formula is C15H14BrN3O2. The lowest BCUT2D eigenvalue weighted by molar-refractivity contribution is -0.131. The third kappa shape index (κ3) is 3.00. The Bertz CT molecular complexity index is 709. The quantitative estimate of drug-likeness (QED) is 0.867. The second-order valence-corrected chi connectivity index (χ2v) is 5.70. The van der Waals surface area contributed by atoms with Gasteiger partial charge in [0.05, 0.1) is 12.2 Å². The highest BCUT2D eigenvalue weighted by Gasteiger charge is 2.18. The van der Waals surface area contributed by atoms with Crippen molar-refractivity contribution in [2.75, 3.05) is 11.4 Å². The fourth-order valence-corrected chi connectivity index (χ4v) is 3.08. The van der Waals surface area contributed by atoms with Crippen LogP contribution in [0.2, 0.25) is 0 Å². The number of halogens is 1. The van der Waals surface area contributed by atoms with Gasteiger partial charge in [-0.2, -0.15) is 0 Å². The van der Waals surface area contributed by atoms with Crippen molar-refractivity contribution in [1.29, 1.82) is 0 Å². The summed E-state index contributed by atoms with van der Waals surface area (Å²) in [5.41, 5.74) is 1.95. The maximum atomic E-state index is 10.5. The molecule has 1 N–H and O–H groups in total. The van der Waals surface area contributed by atoms with Gasteiger partial charge < -0.3 is 14.6 Å². The first-order valence-electron chi connectivity index (χ1n) is 6.59. The number of carbonyl (C=O) groups is 1. The van der Waals surface area contributed by atoms with Gasteiger partial charge in [-0.3, -0.25) is 0 Å². The van der Waals surface area contributed by atoms with E-state index in [-0.39, 0.29) is 0 Å². The van der Waals surface area contributed by atoms with E-state index in [1.54, 1.807) is 6.08 Å². The third-order valence-corrected chi connectivity index (χ3v) is 4.11. The van der Waals surface area contributed by atoms with Crippen molar-refractivity contribution in [2.24, 2.45) is 0 Å². The summed E-state index contributed by atoms with van der Waals surface area (Å²) < 4.78 is 3.11. The van der Waals surface area contributed by atoms with Crippen molar-refractivity contribution in [3.8, 4) is 0 Å². The van der Waals surface area contributed by atoms with Crippen LogP contribution < -0.4 is 4.90 Å². The number of imidazole rings is 1. The van der Waals surface area contributed by atoms with Gasteiger partial charge in [-0.05, 0) is 39.7 Å². The molecule has 0 fully saturated rings. The fourth-order valence-electron chi connectivity index (χ4n) is 2.43. The van der Waals surface area contributed by atoms with Gasteiger partial charge >= 0.3 is 5.97 Å². The Morgan fingerprint density at radius 3 is 3.00 bits per heavy atom. The first-order chi connectivity index (χ1) is 10.1. The van der Waals surface area contributed by atoms with E-state index >= 15 is 0 Å². The van der Waals surface area contributed by atoms with Gasteiger partial charge in [0.25, 0.3) is 0 Å². The maximum Gasteiger partial charge on any atom is 0.328 e. The molecule has 0 saturated heterocycles. The Labute approximate surface area is 130 Å². The zero-order valence-corrected chi connectivity index (χ0v) is 12.8. The highest BCUT2D eigenvalue weighted by molar-refractivity contribution is 9.10. The van der Waals surface area contributed by atoms with Crippen molar-refractivity contribution < 1.29 is 9.90 Å². The van der Waals surface area contributed by atoms with E-state index in [0.717, 1.165) is 47.3 Å². The summed E-state index contributed by atoms with van der Waals surface area (Å²) in [6.07, 6.45) is 6.55. The lowest BCUT2D eigenvalue weighted by Crippen LogP contribution is -2.33. The molecule has 0 aliphatic carbocycles. The number of carboxylic acid groups (broad SMARTS) is 1. The van der Waals surface area contributed by atoms with Crippen molar-refractivity contribution in [3.63, 3.8) is 0 Å². The number of aromatic nitrogens is 2. The molecule has 5 nitrogen and oxygen atoms in total. The number of benzene rings is 1. The Morgan fingerprint density at radius 2 is 2.24 bits per heavy atom. The van der Waals surface area contributed by atoms with Crippen molar-refractivity contribution in [2.45, 2.75) is 13.1 Å². The van der Waals surface area contributed by atoms with Crippen LogP contribution in [0.1, 0.15) is 11.4 Å². The minimum atomic E-state index is -0.946. The summed E-state index contributed by atoms with van der Waals surface area (Å²) in [6, 6.07) is 5.85.